The first kappa shape index (κ1) is 13.0. The van der Waals surface area contributed by atoms with Crippen molar-refractivity contribution in [1.82, 2.24) is 5.32 Å². The topological polar surface area (TPSA) is 38.3 Å². The Morgan fingerprint density at radius 2 is 2.39 bits per heavy atom. The Balaban J connectivity index is 1.83. The SMILES string of the molecule is Cc1ccc(C(=O)NCC[C@@H]2CCOC2)c(F)c1. The second kappa shape index (κ2) is 5.96. The van der Waals surface area contributed by atoms with Crippen LogP contribution in [-0.4, -0.2) is 25.7 Å². The summed E-state index contributed by atoms with van der Waals surface area (Å²) in [5, 5.41) is 2.75. The Morgan fingerprint density at radius 3 is 3.06 bits per heavy atom. The van der Waals surface area contributed by atoms with Crippen molar-refractivity contribution in [3.05, 3.63) is 35.1 Å². The van der Waals surface area contributed by atoms with E-state index < -0.39 is 5.82 Å². The lowest BCUT2D eigenvalue weighted by molar-refractivity contribution is 0.0946. The maximum absolute atomic E-state index is 13.5. The monoisotopic (exact) mass is 251 g/mol. The average molecular weight is 251 g/mol. The van der Waals surface area contributed by atoms with Gasteiger partial charge in [-0.1, -0.05) is 6.07 Å². The lowest BCUT2D eigenvalue weighted by Gasteiger charge is -2.09. The van der Waals surface area contributed by atoms with Crippen LogP contribution >= 0.6 is 0 Å². The summed E-state index contributed by atoms with van der Waals surface area (Å²) in [6.45, 7) is 3.95. The number of hydrogen-bond acceptors (Lipinski definition) is 2. The highest BCUT2D eigenvalue weighted by atomic mass is 19.1. The molecule has 1 aliphatic rings. The van der Waals surface area contributed by atoms with Crippen LogP contribution < -0.4 is 5.32 Å². The maximum Gasteiger partial charge on any atom is 0.254 e. The van der Waals surface area contributed by atoms with E-state index in [2.05, 4.69) is 5.32 Å². The second-order valence-corrected chi connectivity index (χ2v) is 4.76. The number of nitrogens with one attached hydrogen (secondary N) is 1. The summed E-state index contributed by atoms with van der Waals surface area (Å²) in [7, 11) is 0. The van der Waals surface area contributed by atoms with E-state index in [0.717, 1.165) is 31.6 Å². The van der Waals surface area contributed by atoms with Crippen LogP contribution in [0.2, 0.25) is 0 Å². The number of carbonyl (C=O) groups excluding carboxylic acids is 1. The molecular weight excluding hydrogens is 233 g/mol. The summed E-state index contributed by atoms with van der Waals surface area (Å²) >= 11 is 0. The van der Waals surface area contributed by atoms with Crippen LogP contribution in [0.1, 0.15) is 28.8 Å². The van der Waals surface area contributed by atoms with Crippen molar-refractivity contribution in [2.45, 2.75) is 19.8 Å². The Kier molecular flexibility index (Phi) is 4.31. The highest BCUT2D eigenvalue weighted by molar-refractivity contribution is 5.94. The van der Waals surface area contributed by atoms with Crippen molar-refractivity contribution in [3.63, 3.8) is 0 Å². The van der Waals surface area contributed by atoms with Crippen LogP contribution in [0.5, 0.6) is 0 Å². The van der Waals surface area contributed by atoms with Crippen molar-refractivity contribution in [1.29, 1.82) is 0 Å². The van der Waals surface area contributed by atoms with Gasteiger partial charge < -0.3 is 10.1 Å². The van der Waals surface area contributed by atoms with E-state index in [0.29, 0.717) is 12.5 Å². The predicted molar refractivity (Wildman–Crippen MR) is 67.0 cm³/mol. The van der Waals surface area contributed by atoms with Crippen LogP contribution in [0.25, 0.3) is 0 Å². The van der Waals surface area contributed by atoms with E-state index in [1.807, 2.05) is 0 Å². The van der Waals surface area contributed by atoms with Crippen molar-refractivity contribution in [2.75, 3.05) is 19.8 Å². The van der Waals surface area contributed by atoms with Gasteiger partial charge in [0.1, 0.15) is 5.82 Å². The zero-order chi connectivity index (χ0) is 13.0. The minimum absolute atomic E-state index is 0.114. The van der Waals surface area contributed by atoms with Gasteiger partial charge in [-0.2, -0.15) is 0 Å². The van der Waals surface area contributed by atoms with Crippen molar-refractivity contribution < 1.29 is 13.9 Å². The highest BCUT2D eigenvalue weighted by Crippen LogP contribution is 2.15. The summed E-state index contributed by atoms with van der Waals surface area (Å²) in [6, 6.07) is 4.64. The lowest BCUT2D eigenvalue weighted by atomic mass is 10.1. The molecule has 1 fully saturated rings. The van der Waals surface area contributed by atoms with Gasteiger partial charge >= 0.3 is 0 Å². The van der Waals surface area contributed by atoms with E-state index in [9.17, 15) is 9.18 Å². The van der Waals surface area contributed by atoms with Gasteiger partial charge in [0.15, 0.2) is 0 Å². The molecule has 0 saturated carbocycles. The first-order valence-corrected chi connectivity index (χ1v) is 6.29. The minimum Gasteiger partial charge on any atom is -0.381 e. The number of rotatable bonds is 4. The first-order chi connectivity index (χ1) is 8.66. The van der Waals surface area contributed by atoms with Crippen LogP contribution in [-0.2, 0) is 4.74 Å². The molecule has 1 aliphatic heterocycles. The van der Waals surface area contributed by atoms with Crippen molar-refractivity contribution in [2.24, 2.45) is 5.92 Å². The molecule has 1 aromatic rings. The molecule has 2 rings (SSSR count). The molecule has 1 atom stereocenters. The summed E-state index contributed by atoms with van der Waals surface area (Å²) in [5.74, 6) is -0.281. The van der Waals surface area contributed by atoms with E-state index >= 15 is 0 Å². The molecule has 1 aromatic carbocycles. The quantitative estimate of drug-likeness (QED) is 0.891. The van der Waals surface area contributed by atoms with Crippen LogP contribution in [0.15, 0.2) is 18.2 Å². The molecule has 1 amide bonds. The van der Waals surface area contributed by atoms with Gasteiger partial charge in [-0.3, -0.25) is 4.79 Å². The van der Waals surface area contributed by atoms with Crippen molar-refractivity contribution >= 4 is 5.91 Å². The number of aryl methyl sites for hydroxylation is 1. The summed E-state index contributed by atoms with van der Waals surface area (Å²) < 4.78 is 18.8. The predicted octanol–water partition coefficient (Wildman–Crippen LogP) is 2.29. The normalized spacial score (nSPS) is 18.9. The number of benzene rings is 1. The molecule has 0 unspecified atom stereocenters. The van der Waals surface area contributed by atoms with E-state index in [1.54, 1.807) is 13.0 Å². The molecular formula is C14H18FNO2. The molecule has 4 heteroatoms. The fourth-order valence-corrected chi connectivity index (χ4v) is 2.10. The fraction of sp³-hybridized carbons (Fsp3) is 0.500. The molecule has 0 aliphatic carbocycles. The largest absolute Gasteiger partial charge is 0.381 e. The van der Waals surface area contributed by atoms with Gasteiger partial charge in [0, 0.05) is 19.8 Å². The van der Waals surface area contributed by atoms with Gasteiger partial charge in [0.25, 0.3) is 5.91 Å². The van der Waals surface area contributed by atoms with Crippen LogP contribution in [0, 0.1) is 18.7 Å². The van der Waals surface area contributed by atoms with Crippen molar-refractivity contribution in [3.8, 4) is 0 Å². The third kappa shape index (κ3) is 3.29. The lowest BCUT2D eigenvalue weighted by Crippen LogP contribution is -2.26. The third-order valence-corrected chi connectivity index (χ3v) is 3.23. The van der Waals surface area contributed by atoms with E-state index in [-0.39, 0.29) is 11.5 Å². The van der Waals surface area contributed by atoms with Gasteiger partial charge in [-0.15, -0.1) is 0 Å². The summed E-state index contributed by atoms with van der Waals surface area (Å²) in [6.07, 6.45) is 1.94. The molecule has 0 aromatic heterocycles. The highest BCUT2D eigenvalue weighted by Gasteiger charge is 2.16. The fourth-order valence-electron chi connectivity index (χ4n) is 2.10. The Morgan fingerprint density at radius 1 is 1.56 bits per heavy atom. The zero-order valence-electron chi connectivity index (χ0n) is 10.5. The van der Waals surface area contributed by atoms with E-state index in [1.165, 1.54) is 12.1 Å². The van der Waals surface area contributed by atoms with Gasteiger partial charge in [-0.25, -0.2) is 4.39 Å². The Labute approximate surface area is 106 Å². The molecule has 1 saturated heterocycles. The Bertz CT molecular complexity index is 428. The summed E-state index contributed by atoms with van der Waals surface area (Å²) in [5.41, 5.74) is 0.926. The molecule has 18 heavy (non-hydrogen) atoms. The molecule has 3 nitrogen and oxygen atoms in total. The second-order valence-electron chi connectivity index (χ2n) is 4.76. The van der Waals surface area contributed by atoms with E-state index in [4.69, 9.17) is 4.74 Å². The number of hydrogen-bond donors (Lipinski definition) is 1. The molecule has 0 spiro atoms. The Hall–Kier alpha value is -1.42. The van der Waals surface area contributed by atoms with Gasteiger partial charge in [0.05, 0.1) is 5.56 Å². The maximum atomic E-state index is 13.5. The molecule has 98 valence electrons. The first-order valence-electron chi connectivity index (χ1n) is 6.29. The molecule has 0 bridgehead atoms. The number of halogens is 1. The standard InChI is InChI=1S/C14H18FNO2/c1-10-2-3-12(13(15)8-10)14(17)16-6-4-11-5-7-18-9-11/h2-3,8,11H,4-7,9H2,1H3,(H,16,17)/t11-/m1/s1. The third-order valence-electron chi connectivity index (χ3n) is 3.23. The molecule has 0 radical (unpaired) electrons. The smallest absolute Gasteiger partial charge is 0.254 e. The number of ether oxygens (including phenoxy) is 1. The average Bonchev–Trinajstić information content (AvgIpc) is 2.81. The number of carbonyl (C=O) groups is 1. The summed E-state index contributed by atoms with van der Waals surface area (Å²) in [4.78, 5) is 11.8. The van der Waals surface area contributed by atoms with Gasteiger partial charge in [0.2, 0.25) is 0 Å². The van der Waals surface area contributed by atoms with Crippen LogP contribution in [0.3, 0.4) is 0 Å². The van der Waals surface area contributed by atoms with Crippen LogP contribution in [0.4, 0.5) is 4.39 Å². The van der Waals surface area contributed by atoms with Gasteiger partial charge in [-0.05, 0) is 43.4 Å². The molecule has 1 heterocycles. The molecule has 1 N–H and O–H groups in total. The number of amides is 1. The minimum atomic E-state index is -0.461. The zero-order valence-corrected chi connectivity index (χ0v) is 10.5.